The standard InChI is InChI=1S/C30H38ClFO/c1-3-5-6-21-7-9-22(10-8-21)23-11-13-24(14-12-23)25-15-17-26(18-16-25)27-19-20-28(33-4-2)29(31)30(27)32/h9,15-21,23-24H,3-8,10-14H2,1-2H3. The molecule has 1 nitrogen and oxygen atoms in total. The van der Waals surface area contributed by atoms with Crippen LogP contribution in [-0.4, -0.2) is 6.61 Å². The maximum Gasteiger partial charge on any atom is 0.153 e. The molecule has 2 aliphatic rings. The minimum Gasteiger partial charge on any atom is -0.492 e. The summed E-state index contributed by atoms with van der Waals surface area (Å²) in [6.45, 7) is 4.63. The first-order chi connectivity index (χ1) is 16.1. The monoisotopic (exact) mass is 468 g/mol. The first kappa shape index (κ1) is 24.3. The molecule has 2 aromatic carbocycles. The van der Waals surface area contributed by atoms with E-state index in [9.17, 15) is 4.39 Å². The van der Waals surface area contributed by atoms with Crippen LogP contribution in [0.3, 0.4) is 0 Å². The van der Waals surface area contributed by atoms with Gasteiger partial charge in [0.2, 0.25) is 0 Å². The van der Waals surface area contributed by atoms with E-state index in [0.29, 0.717) is 23.8 Å². The summed E-state index contributed by atoms with van der Waals surface area (Å²) in [6.07, 6.45) is 15.9. The fourth-order valence-electron chi connectivity index (χ4n) is 5.79. The summed E-state index contributed by atoms with van der Waals surface area (Å²) in [4.78, 5) is 0. The van der Waals surface area contributed by atoms with Crippen LogP contribution in [0, 0.1) is 17.7 Å². The van der Waals surface area contributed by atoms with Crippen LogP contribution in [0.15, 0.2) is 48.0 Å². The van der Waals surface area contributed by atoms with Crippen molar-refractivity contribution in [2.45, 2.75) is 84.0 Å². The molecule has 178 valence electrons. The second kappa shape index (κ2) is 11.6. The van der Waals surface area contributed by atoms with Gasteiger partial charge in [-0.15, -0.1) is 0 Å². The molecule has 0 bridgehead atoms. The lowest BCUT2D eigenvalue weighted by atomic mass is 9.72. The number of halogens is 2. The van der Waals surface area contributed by atoms with Gasteiger partial charge in [-0.2, -0.15) is 0 Å². The number of rotatable bonds is 8. The third-order valence-electron chi connectivity index (χ3n) is 7.81. The van der Waals surface area contributed by atoms with Gasteiger partial charge in [-0.3, -0.25) is 0 Å². The highest BCUT2D eigenvalue weighted by atomic mass is 35.5. The Labute approximate surface area is 204 Å². The Morgan fingerprint density at radius 3 is 2.30 bits per heavy atom. The Kier molecular flexibility index (Phi) is 8.52. The van der Waals surface area contributed by atoms with Gasteiger partial charge in [0.05, 0.1) is 6.61 Å². The van der Waals surface area contributed by atoms with E-state index in [4.69, 9.17) is 16.3 Å². The summed E-state index contributed by atoms with van der Waals surface area (Å²) in [7, 11) is 0. The van der Waals surface area contributed by atoms with Gasteiger partial charge in [0.1, 0.15) is 10.8 Å². The molecule has 4 rings (SSSR count). The molecular weight excluding hydrogens is 431 g/mol. The average Bonchev–Trinajstić information content (AvgIpc) is 2.86. The first-order valence-corrected chi connectivity index (χ1v) is 13.4. The Morgan fingerprint density at radius 1 is 0.939 bits per heavy atom. The van der Waals surface area contributed by atoms with Crippen molar-refractivity contribution in [1.82, 2.24) is 0 Å². The van der Waals surface area contributed by atoms with Gasteiger partial charge in [-0.05, 0) is 92.9 Å². The van der Waals surface area contributed by atoms with E-state index in [1.807, 2.05) is 19.1 Å². The number of hydrogen-bond acceptors (Lipinski definition) is 1. The van der Waals surface area contributed by atoms with Gasteiger partial charge in [0, 0.05) is 5.56 Å². The van der Waals surface area contributed by atoms with Crippen LogP contribution in [0.25, 0.3) is 11.1 Å². The van der Waals surface area contributed by atoms with Crippen molar-refractivity contribution in [2.24, 2.45) is 11.8 Å². The van der Waals surface area contributed by atoms with Crippen LogP contribution in [0.2, 0.25) is 5.02 Å². The average molecular weight is 469 g/mol. The second-order valence-electron chi connectivity index (χ2n) is 9.90. The molecule has 1 saturated carbocycles. The van der Waals surface area contributed by atoms with Crippen molar-refractivity contribution in [3.05, 3.63) is 64.5 Å². The summed E-state index contributed by atoms with van der Waals surface area (Å²) < 4.78 is 20.2. The molecule has 0 amide bonds. The zero-order valence-electron chi connectivity index (χ0n) is 20.2. The molecule has 2 aromatic rings. The molecule has 3 heteroatoms. The molecule has 33 heavy (non-hydrogen) atoms. The predicted molar refractivity (Wildman–Crippen MR) is 138 cm³/mol. The van der Waals surface area contributed by atoms with E-state index >= 15 is 0 Å². The van der Waals surface area contributed by atoms with E-state index in [2.05, 4.69) is 25.1 Å². The number of hydrogen-bond donors (Lipinski definition) is 0. The van der Waals surface area contributed by atoms with Crippen molar-refractivity contribution >= 4 is 11.6 Å². The van der Waals surface area contributed by atoms with Crippen molar-refractivity contribution in [3.63, 3.8) is 0 Å². The minimum atomic E-state index is -0.409. The van der Waals surface area contributed by atoms with E-state index in [1.54, 1.807) is 17.7 Å². The highest BCUT2D eigenvalue weighted by Crippen LogP contribution is 2.43. The zero-order valence-corrected chi connectivity index (χ0v) is 21.0. The number of ether oxygens (including phenoxy) is 1. The van der Waals surface area contributed by atoms with Crippen LogP contribution in [0.5, 0.6) is 5.75 Å². The maximum atomic E-state index is 14.8. The molecule has 0 aromatic heterocycles. The molecule has 0 aliphatic heterocycles. The molecule has 1 fully saturated rings. The van der Waals surface area contributed by atoms with Gasteiger partial charge >= 0.3 is 0 Å². The lowest BCUT2D eigenvalue weighted by Gasteiger charge is -2.33. The van der Waals surface area contributed by atoms with Gasteiger partial charge in [-0.25, -0.2) is 4.39 Å². The SMILES string of the molecule is CCCCC1CC=C(C2CCC(c3ccc(-c4ccc(OCC)c(Cl)c4F)cc3)CC2)CC1. The van der Waals surface area contributed by atoms with E-state index in [0.717, 1.165) is 17.4 Å². The Hall–Kier alpha value is -1.80. The Balaban J connectivity index is 1.35. The molecule has 1 unspecified atom stereocenters. The largest absolute Gasteiger partial charge is 0.492 e. The molecule has 0 N–H and O–H groups in total. The van der Waals surface area contributed by atoms with Crippen molar-refractivity contribution in [1.29, 1.82) is 0 Å². The molecule has 0 radical (unpaired) electrons. The summed E-state index contributed by atoms with van der Waals surface area (Å²) in [5.74, 6) is 2.34. The minimum absolute atomic E-state index is 0.0606. The zero-order chi connectivity index (χ0) is 23.2. The smallest absolute Gasteiger partial charge is 0.153 e. The first-order valence-electron chi connectivity index (χ1n) is 13.0. The van der Waals surface area contributed by atoms with Crippen LogP contribution in [0.1, 0.15) is 89.5 Å². The highest BCUT2D eigenvalue weighted by molar-refractivity contribution is 6.32. The maximum absolute atomic E-state index is 14.8. The summed E-state index contributed by atoms with van der Waals surface area (Å²) in [6, 6.07) is 12.0. The second-order valence-corrected chi connectivity index (χ2v) is 10.3. The van der Waals surface area contributed by atoms with Gasteiger partial charge in [-0.1, -0.05) is 73.7 Å². The highest BCUT2D eigenvalue weighted by Gasteiger charge is 2.26. The van der Waals surface area contributed by atoms with Gasteiger partial charge in [0.25, 0.3) is 0 Å². The number of benzene rings is 2. The van der Waals surface area contributed by atoms with Crippen LogP contribution in [0.4, 0.5) is 4.39 Å². The molecule has 1 atom stereocenters. The molecule has 0 saturated heterocycles. The summed E-state index contributed by atoms with van der Waals surface area (Å²) >= 11 is 6.18. The summed E-state index contributed by atoms with van der Waals surface area (Å²) in [5.41, 5.74) is 4.52. The Bertz CT molecular complexity index is 941. The van der Waals surface area contributed by atoms with Crippen molar-refractivity contribution in [2.75, 3.05) is 6.61 Å². The number of unbranched alkanes of at least 4 members (excludes halogenated alkanes) is 1. The molecule has 2 aliphatic carbocycles. The molecular formula is C30H38ClFO. The van der Waals surface area contributed by atoms with Crippen molar-refractivity contribution in [3.8, 4) is 16.9 Å². The molecule has 0 spiro atoms. The van der Waals surface area contributed by atoms with Crippen LogP contribution < -0.4 is 4.74 Å². The Morgan fingerprint density at radius 2 is 1.67 bits per heavy atom. The number of allylic oxidation sites excluding steroid dienone is 2. The summed E-state index contributed by atoms with van der Waals surface area (Å²) in [5, 5.41) is 0.0606. The van der Waals surface area contributed by atoms with E-state index < -0.39 is 5.82 Å². The van der Waals surface area contributed by atoms with E-state index in [1.165, 1.54) is 69.8 Å². The quantitative estimate of drug-likeness (QED) is 0.350. The van der Waals surface area contributed by atoms with Gasteiger partial charge < -0.3 is 4.74 Å². The van der Waals surface area contributed by atoms with Crippen LogP contribution in [-0.2, 0) is 0 Å². The fourth-order valence-corrected chi connectivity index (χ4v) is 6.01. The third-order valence-corrected chi connectivity index (χ3v) is 8.16. The predicted octanol–water partition coefficient (Wildman–Crippen LogP) is 9.74. The lowest BCUT2D eigenvalue weighted by molar-refractivity contribution is 0.335. The fraction of sp³-hybridized carbons (Fsp3) is 0.533. The normalized spacial score (nSPS) is 23.3. The van der Waals surface area contributed by atoms with Crippen molar-refractivity contribution < 1.29 is 9.13 Å². The van der Waals surface area contributed by atoms with E-state index in [-0.39, 0.29) is 5.02 Å². The third kappa shape index (κ3) is 5.83. The lowest BCUT2D eigenvalue weighted by Crippen LogP contribution is -2.18. The van der Waals surface area contributed by atoms with Gasteiger partial charge in [0.15, 0.2) is 5.82 Å². The topological polar surface area (TPSA) is 9.23 Å². The molecule has 0 heterocycles. The van der Waals surface area contributed by atoms with Crippen LogP contribution >= 0.6 is 11.6 Å².